The van der Waals surface area contributed by atoms with Crippen LogP contribution in [0.5, 0.6) is 11.5 Å². The molecular weight excluding hydrogens is 334 g/mol. The van der Waals surface area contributed by atoms with Crippen molar-refractivity contribution >= 4 is 10.0 Å². The first-order valence-corrected chi connectivity index (χ1v) is 8.70. The van der Waals surface area contributed by atoms with E-state index >= 15 is 0 Å². The molecule has 0 radical (unpaired) electrons. The van der Waals surface area contributed by atoms with Crippen LogP contribution in [0.1, 0.15) is 6.42 Å². The fourth-order valence-electron chi connectivity index (χ4n) is 2.06. The molecule has 1 heterocycles. The summed E-state index contributed by atoms with van der Waals surface area (Å²) in [6, 6.07) is 7.32. The number of ether oxygens (including phenoxy) is 2. The van der Waals surface area contributed by atoms with Crippen molar-refractivity contribution in [2.75, 3.05) is 20.8 Å². The molecule has 2 aromatic rings. The number of hydrogen-bond donors (Lipinski definition) is 1. The number of benzene rings is 1. The first kappa shape index (κ1) is 18.0. The molecule has 130 valence electrons. The molecule has 0 aliphatic rings. The predicted octanol–water partition coefficient (Wildman–Crippen LogP) is 0.629. The summed E-state index contributed by atoms with van der Waals surface area (Å²) in [5, 5.41) is 3.91. The summed E-state index contributed by atoms with van der Waals surface area (Å²) in [5.74, 6) is 0.784. The van der Waals surface area contributed by atoms with E-state index < -0.39 is 10.0 Å². The van der Waals surface area contributed by atoms with Gasteiger partial charge < -0.3 is 9.47 Å². The Kier molecular flexibility index (Phi) is 5.93. The average Bonchev–Trinajstić information content (AvgIpc) is 2.59. The minimum atomic E-state index is -3.68. The van der Waals surface area contributed by atoms with Crippen molar-refractivity contribution in [3.8, 4) is 11.5 Å². The standard InChI is InChI=1S/C15H19N3O5S/c1-22-13-7-6-12(11-14(13)23-2)24(20,21)17-9-4-10-18-15(19)5-3-8-16-18/h3,5-8,11,17H,4,9-10H2,1-2H3. The van der Waals surface area contributed by atoms with Crippen LogP contribution in [0, 0.1) is 0 Å². The van der Waals surface area contributed by atoms with E-state index in [0.29, 0.717) is 24.5 Å². The van der Waals surface area contributed by atoms with Gasteiger partial charge in [-0.05, 0) is 24.6 Å². The van der Waals surface area contributed by atoms with E-state index in [1.54, 1.807) is 6.07 Å². The van der Waals surface area contributed by atoms with Crippen LogP contribution in [0.3, 0.4) is 0 Å². The molecule has 2 rings (SSSR count). The van der Waals surface area contributed by atoms with Crippen LogP contribution in [0.2, 0.25) is 0 Å². The van der Waals surface area contributed by atoms with Gasteiger partial charge in [0.2, 0.25) is 10.0 Å². The summed E-state index contributed by atoms with van der Waals surface area (Å²) in [6.07, 6.45) is 1.94. The van der Waals surface area contributed by atoms with Crippen LogP contribution < -0.4 is 19.8 Å². The van der Waals surface area contributed by atoms with Gasteiger partial charge in [0.15, 0.2) is 11.5 Å². The van der Waals surface area contributed by atoms with Crippen molar-refractivity contribution in [1.82, 2.24) is 14.5 Å². The molecule has 8 nitrogen and oxygen atoms in total. The maximum atomic E-state index is 12.3. The summed E-state index contributed by atoms with van der Waals surface area (Å²) in [4.78, 5) is 11.6. The molecule has 0 bridgehead atoms. The van der Waals surface area contributed by atoms with E-state index in [9.17, 15) is 13.2 Å². The number of nitrogens with one attached hydrogen (secondary N) is 1. The fourth-order valence-corrected chi connectivity index (χ4v) is 3.15. The number of aryl methyl sites for hydroxylation is 1. The first-order chi connectivity index (χ1) is 11.5. The van der Waals surface area contributed by atoms with Crippen molar-refractivity contribution in [2.24, 2.45) is 0 Å². The highest BCUT2D eigenvalue weighted by Gasteiger charge is 2.16. The van der Waals surface area contributed by atoms with Crippen molar-refractivity contribution in [2.45, 2.75) is 17.9 Å². The van der Waals surface area contributed by atoms with Crippen LogP contribution in [-0.2, 0) is 16.6 Å². The van der Waals surface area contributed by atoms with Gasteiger partial charge in [-0.1, -0.05) is 0 Å². The summed E-state index contributed by atoms with van der Waals surface area (Å²) in [5.41, 5.74) is -0.222. The zero-order valence-electron chi connectivity index (χ0n) is 13.4. The third-order valence-corrected chi connectivity index (χ3v) is 4.75. The van der Waals surface area contributed by atoms with Crippen molar-refractivity contribution in [3.63, 3.8) is 0 Å². The van der Waals surface area contributed by atoms with Gasteiger partial charge in [-0.15, -0.1) is 0 Å². The van der Waals surface area contributed by atoms with E-state index in [-0.39, 0.29) is 17.0 Å². The summed E-state index contributed by atoms with van der Waals surface area (Å²) >= 11 is 0. The lowest BCUT2D eigenvalue weighted by molar-refractivity contribution is 0.354. The maximum Gasteiger partial charge on any atom is 0.266 e. The molecule has 9 heteroatoms. The van der Waals surface area contributed by atoms with Crippen LogP contribution >= 0.6 is 0 Å². The second-order valence-corrected chi connectivity index (χ2v) is 6.62. The monoisotopic (exact) mass is 353 g/mol. The quantitative estimate of drug-likeness (QED) is 0.699. The summed E-state index contributed by atoms with van der Waals surface area (Å²) in [7, 11) is -0.763. The highest BCUT2D eigenvalue weighted by molar-refractivity contribution is 7.89. The smallest absolute Gasteiger partial charge is 0.266 e. The van der Waals surface area contributed by atoms with Crippen molar-refractivity contribution in [1.29, 1.82) is 0 Å². The Morgan fingerprint density at radius 2 is 1.92 bits per heavy atom. The lowest BCUT2D eigenvalue weighted by Crippen LogP contribution is -2.28. The average molecular weight is 353 g/mol. The van der Waals surface area contributed by atoms with E-state index in [4.69, 9.17) is 9.47 Å². The molecule has 0 saturated heterocycles. The van der Waals surface area contributed by atoms with Gasteiger partial charge in [0.25, 0.3) is 5.56 Å². The van der Waals surface area contributed by atoms with E-state index in [1.807, 2.05) is 0 Å². The van der Waals surface area contributed by atoms with E-state index in [1.165, 1.54) is 49.4 Å². The second-order valence-electron chi connectivity index (χ2n) is 4.85. The number of nitrogens with zero attached hydrogens (tertiary/aromatic N) is 2. The Labute approximate surface area is 140 Å². The lowest BCUT2D eigenvalue weighted by Gasteiger charge is -2.11. The topological polar surface area (TPSA) is 99.5 Å². The van der Waals surface area contributed by atoms with Crippen LogP contribution in [0.25, 0.3) is 0 Å². The Balaban J connectivity index is 1.99. The third kappa shape index (κ3) is 4.33. The first-order valence-electron chi connectivity index (χ1n) is 7.22. The van der Waals surface area contributed by atoms with Gasteiger partial charge in [-0.3, -0.25) is 4.79 Å². The number of aromatic nitrogens is 2. The highest BCUT2D eigenvalue weighted by atomic mass is 32.2. The Hall–Kier alpha value is -2.39. The van der Waals surface area contributed by atoms with Crippen LogP contribution in [0.4, 0.5) is 0 Å². The fraction of sp³-hybridized carbons (Fsp3) is 0.333. The zero-order valence-corrected chi connectivity index (χ0v) is 14.2. The summed E-state index contributed by atoms with van der Waals surface area (Å²) in [6.45, 7) is 0.508. The molecule has 24 heavy (non-hydrogen) atoms. The molecule has 1 aromatic heterocycles. The second kappa shape index (κ2) is 7.93. The Morgan fingerprint density at radius 3 is 2.58 bits per heavy atom. The van der Waals surface area contributed by atoms with Crippen LogP contribution in [-0.4, -0.2) is 39.0 Å². The molecule has 0 saturated carbocycles. The maximum absolute atomic E-state index is 12.3. The zero-order chi connectivity index (χ0) is 17.6. The van der Waals surface area contributed by atoms with E-state index in [2.05, 4.69) is 9.82 Å². The summed E-state index contributed by atoms with van der Waals surface area (Å²) < 4.78 is 38.5. The molecule has 0 fully saturated rings. The molecule has 0 aliphatic carbocycles. The molecule has 1 N–H and O–H groups in total. The molecule has 0 unspecified atom stereocenters. The van der Waals surface area contributed by atoms with E-state index in [0.717, 1.165) is 0 Å². The highest BCUT2D eigenvalue weighted by Crippen LogP contribution is 2.29. The SMILES string of the molecule is COc1ccc(S(=O)(=O)NCCCn2ncccc2=O)cc1OC. The number of hydrogen-bond acceptors (Lipinski definition) is 6. The Bertz CT molecular complexity index is 848. The molecule has 0 spiro atoms. The number of rotatable bonds is 8. The third-order valence-electron chi connectivity index (χ3n) is 3.29. The molecule has 0 atom stereocenters. The largest absolute Gasteiger partial charge is 0.493 e. The molecule has 1 aromatic carbocycles. The van der Waals surface area contributed by atoms with Crippen molar-refractivity contribution in [3.05, 3.63) is 46.9 Å². The van der Waals surface area contributed by atoms with Crippen LogP contribution in [0.15, 0.2) is 46.2 Å². The minimum Gasteiger partial charge on any atom is -0.493 e. The minimum absolute atomic E-state index is 0.0788. The van der Waals surface area contributed by atoms with Gasteiger partial charge in [0.1, 0.15) is 0 Å². The molecule has 0 aliphatic heterocycles. The molecular formula is C15H19N3O5S. The van der Waals surface area contributed by atoms with Crippen molar-refractivity contribution < 1.29 is 17.9 Å². The van der Waals surface area contributed by atoms with Gasteiger partial charge >= 0.3 is 0 Å². The molecule has 0 amide bonds. The number of sulfonamides is 1. The predicted molar refractivity (Wildman–Crippen MR) is 87.8 cm³/mol. The number of methoxy groups -OCH3 is 2. The Morgan fingerprint density at radius 1 is 1.17 bits per heavy atom. The van der Waals surface area contributed by atoms with Gasteiger partial charge in [0, 0.05) is 31.4 Å². The lowest BCUT2D eigenvalue weighted by atomic mass is 10.3. The van der Waals surface area contributed by atoms with Gasteiger partial charge in [-0.2, -0.15) is 5.10 Å². The normalized spacial score (nSPS) is 11.2. The van der Waals surface area contributed by atoms with Gasteiger partial charge in [0.05, 0.1) is 19.1 Å². The van der Waals surface area contributed by atoms with Gasteiger partial charge in [-0.25, -0.2) is 17.8 Å².